The van der Waals surface area contributed by atoms with E-state index in [0.717, 1.165) is 27.9 Å². The number of hydrogen-bond acceptors (Lipinski definition) is 2. The third-order valence-electron chi connectivity index (χ3n) is 3.71. The summed E-state index contributed by atoms with van der Waals surface area (Å²) in [6.45, 7) is 3.68. The van der Waals surface area contributed by atoms with Crippen molar-refractivity contribution in [2.45, 2.75) is 32.7 Å². The largest absolute Gasteiger partial charge is 0.497 e. The van der Waals surface area contributed by atoms with Crippen molar-refractivity contribution in [3.05, 3.63) is 29.5 Å². The molecule has 1 aliphatic rings. The zero-order valence-corrected chi connectivity index (χ0v) is 11.0. The van der Waals surface area contributed by atoms with Crippen molar-refractivity contribution in [2.75, 3.05) is 7.11 Å². The fourth-order valence-corrected chi connectivity index (χ4v) is 2.73. The van der Waals surface area contributed by atoms with Crippen LogP contribution in [0.1, 0.15) is 41.9 Å². The molecule has 0 saturated heterocycles. The average molecular weight is 243 g/mol. The van der Waals surface area contributed by atoms with Gasteiger partial charge in [0, 0.05) is 23.9 Å². The molecule has 0 atom stereocenters. The van der Waals surface area contributed by atoms with Gasteiger partial charge in [0.1, 0.15) is 5.75 Å². The molecule has 18 heavy (non-hydrogen) atoms. The molecule has 0 N–H and O–H groups in total. The predicted octanol–water partition coefficient (Wildman–Crippen LogP) is 3.50. The van der Waals surface area contributed by atoms with Gasteiger partial charge in [0.2, 0.25) is 0 Å². The maximum atomic E-state index is 11.9. The zero-order chi connectivity index (χ0) is 12.9. The van der Waals surface area contributed by atoms with Crippen LogP contribution in [0.4, 0.5) is 0 Å². The fourth-order valence-electron chi connectivity index (χ4n) is 2.73. The van der Waals surface area contributed by atoms with Crippen LogP contribution >= 0.6 is 0 Å². The van der Waals surface area contributed by atoms with E-state index in [9.17, 15) is 4.79 Å². The van der Waals surface area contributed by atoms with Gasteiger partial charge in [0.15, 0.2) is 5.78 Å². The van der Waals surface area contributed by atoms with Crippen molar-refractivity contribution in [1.82, 2.24) is 4.57 Å². The Balaban J connectivity index is 2.34. The quantitative estimate of drug-likeness (QED) is 0.773. The van der Waals surface area contributed by atoms with E-state index in [-0.39, 0.29) is 5.78 Å². The summed E-state index contributed by atoms with van der Waals surface area (Å²) in [4.78, 5) is 11.9. The molecule has 1 aliphatic carbocycles. The van der Waals surface area contributed by atoms with Crippen molar-refractivity contribution in [3.8, 4) is 5.75 Å². The number of fused-ring (bicyclic) bond motifs is 1. The predicted molar refractivity (Wildman–Crippen MR) is 71.5 cm³/mol. The third-order valence-corrected chi connectivity index (χ3v) is 3.71. The van der Waals surface area contributed by atoms with Gasteiger partial charge in [-0.1, -0.05) is 0 Å². The minimum atomic E-state index is 0.148. The summed E-state index contributed by atoms with van der Waals surface area (Å²) < 4.78 is 7.48. The lowest BCUT2D eigenvalue weighted by Gasteiger charge is -2.07. The van der Waals surface area contributed by atoms with Crippen molar-refractivity contribution in [3.63, 3.8) is 0 Å². The Hall–Kier alpha value is -1.77. The molecule has 2 aromatic rings. The Morgan fingerprint density at radius 2 is 2.11 bits per heavy atom. The lowest BCUT2D eigenvalue weighted by molar-refractivity contribution is 0.100. The van der Waals surface area contributed by atoms with Crippen LogP contribution in [-0.4, -0.2) is 17.5 Å². The van der Waals surface area contributed by atoms with Crippen LogP contribution in [0.15, 0.2) is 18.2 Å². The van der Waals surface area contributed by atoms with E-state index in [4.69, 9.17) is 4.74 Å². The third kappa shape index (κ3) is 1.54. The molecule has 1 fully saturated rings. The van der Waals surface area contributed by atoms with Crippen molar-refractivity contribution in [1.29, 1.82) is 0 Å². The second-order valence-corrected chi connectivity index (χ2v) is 5.01. The molecule has 3 nitrogen and oxygen atoms in total. The lowest BCUT2D eigenvalue weighted by Crippen LogP contribution is -2.05. The molecular formula is C15H17NO2. The highest BCUT2D eigenvalue weighted by atomic mass is 16.5. The number of hydrogen-bond donors (Lipinski definition) is 0. The molecule has 94 valence electrons. The molecule has 1 saturated carbocycles. The number of carbonyl (C=O) groups excluding carboxylic acids is 1. The van der Waals surface area contributed by atoms with E-state index in [2.05, 4.69) is 10.6 Å². The maximum absolute atomic E-state index is 11.9. The number of benzene rings is 1. The molecule has 3 heteroatoms. The molecule has 0 unspecified atom stereocenters. The molecule has 0 radical (unpaired) electrons. The van der Waals surface area contributed by atoms with E-state index in [1.165, 1.54) is 12.8 Å². The van der Waals surface area contributed by atoms with Crippen molar-refractivity contribution in [2.24, 2.45) is 0 Å². The number of nitrogens with zero attached hydrogens (tertiary/aromatic N) is 1. The van der Waals surface area contributed by atoms with E-state index in [1.807, 2.05) is 19.1 Å². The van der Waals surface area contributed by atoms with Gasteiger partial charge < -0.3 is 9.30 Å². The van der Waals surface area contributed by atoms with E-state index in [0.29, 0.717) is 6.04 Å². The van der Waals surface area contributed by atoms with E-state index < -0.39 is 0 Å². The number of ether oxygens (including phenoxy) is 1. The summed E-state index contributed by atoms with van der Waals surface area (Å²) >= 11 is 0. The van der Waals surface area contributed by atoms with Crippen LogP contribution < -0.4 is 4.74 Å². The SMILES string of the molecule is COc1ccc2c(c1)c(C)c(C(C)=O)n2C1CC1. The molecule has 0 spiro atoms. The second kappa shape index (κ2) is 3.87. The Labute approximate surface area is 106 Å². The van der Waals surface area contributed by atoms with Crippen molar-refractivity contribution < 1.29 is 9.53 Å². The standard InChI is InChI=1S/C15H17NO2/c1-9-13-8-12(18-3)6-7-14(13)16(11-4-5-11)15(9)10(2)17/h6-8,11H,4-5H2,1-3H3. The van der Waals surface area contributed by atoms with Gasteiger partial charge in [0.05, 0.1) is 12.8 Å². The number of methoxy groups -OCH3 is 1. The number of rotatable bonds is 3. The smallest absolute Gasteiger partial charge is 0.176 e. The van der Waals surface area contributed by atoms with Gasteiger partial charge in [-0.2, -0.15) is 0 Å². The summed E-state index contributed by atoms with van der Waals surface area (Å²) in [7, 11) is 1.67. The molecule has 0 aliphatic heterocycles. The highest BCUT2D eigenvalue weighted by Crippen LogP contribution is 2.41. The first-order valence-corrected chi connectivity index (χ1v) is 6.33. The fraction of sp³-hybridized carbons (Fsp3) is 0.400. The minimum absolute atomic E-state index is 0.148. The van der Waals surface area contributed by atoms with Gasteiger partial charge in [-0.25, -0.2) is 0 Å². The van der Waals surface area contributed by atoms with Crippen LogP contribution in [0.2, 0.25) is 0 Å². The van der Waals surface area contributed by atoms with Crippen LogP contribution in [0.3, 0.4) is 0 Å². The summed E-state index contributed by atoms with van der Waals surface area (Å²) in [5, 5.41) is 1.13. The molecular weight excluding hydrogens is 226 g/mol. The number of carbonyl (C=O) groups is 1. The van der Waals surface area contributed by atoms with E-state index >= 15 is 0 Å². The van der Waals surface area contributed by atoms with Gasteiger partial charge in [-0.3, -0.25) is 4.79 Å². The highest BCUT2D eigenvalue weighted by Gasteiger charge is 2.30. The highest BCUT2D eigenvalue weighted by molar-refractivity contribution is 6.02. The first-order valence-electron chi connectivity index (χ1n) is 6.33. The van der Waals surface area contributed by atoms with Gasteiger partial charge in [0.25, 0.3) is 0 Å². The summed E-state index contributed by atoms with van der Waals surface area (Å²) in [5.74, 6) is 0.989. The van der Waals surface area contributed by atoms with Gasteiger partial charge in [-0.05, 0) is 43.5 Å². The Kier molecular flexibility index (Phi) is 2.44. The van der Waals surface area contributed by atoms with Gasteiger partial charge in [-0.15, -0.1) is 0 Å². The molecule has 1 aromatic heterocycles. The monoisotopic (exact) mass is 243 g/mol. The van der Waals surface area contributed by atoms with E-state index in [1.54, 1.807) is 14.0 Å². The zero-order valence-electron chi connectivity index (χ0n) is 11.0. The normalized spacial score (nSPS) is 15.1. The number of ketones is 1. The number of Topliss-reactive ketones (excluding diaryl/α,β-unsaturated/α-hetero) is 1. The van der Waals surface area contributed by atoms with Crippen LogP contribution in [-0.2, 0) is 0 Å². The molecule has 3 rings (SSSR count). The Morgan fingerprint density at radius 1 is 1.39 bits per heavy atom. The van der Waals surface area contributed by atoms with Crippen LogP contribution in [0.25, 0.3) is 10.9 Å². The van der Waals surface area contributed by atoms with Gasteiger partial charge >= 0.3 is 0 Å². The van der Waals surface area contributed by atoms with Crippen molar-refractivity contribution >= 4 is 16.7 Å². The molecule has 0 bridgehead atoms. The number of aromatic nitrogens is 1. The Morgan fingerprint density at radius 3 is 2.67 bits per heavy atom. The average Bonchev–Trinajstić information content (AvgIpc) is 3.14. The molecule has 1 heterocycles. The maximum Gasteiger partial charge on any atom is 0.176 e. The van der Waals surface area contributed by atoms with Crippen LogP contribution in [0, 0.1) is 6.92 Å². The number of aryl methyl sites for hydroxylation is 1. The summed E-state index contributed by atoms with van der Waals surface area (Å²) in [6.07, 6.45) is 2.35. The lowest BCUT2D eigenvalue weighted by atomic mass is 10.1. The molecule has 0 amide bonds. The second-order valence-electron chi connectivity index (χ2n) is 5.01. The Bertz CT molecular complexity index is 635. The molecule has 1 aromatic carbocycles. The first kappa shape index (κ1) is 11.3. The topological polar surface area (TPSA) is 31.2 Å². The summed E-state index contributed by atoms with van der Waals surface area (Å²) in [6, 6.07) is 6.56. The minimum Gasteiger partial charge on any atom is -0.497 e. The van der Waals surface area contributed by atoms with Crippen LogP contribution in [0.5, 0.6) is 5.75 Å². The summed E-state index contributed by atoms with van der Waals surface area (Å²) in [5.41, 5.74) is 3.09. The first-order chi connectivity index (χ1) is 8.63.